The van der Waals surface area contributed by atoms with Crippen LogP contribution in [0, 0.1) is 16.7 Å². The predicted molar refractivity (Wildman–Crippen MR) is 54.1 cm³/mol. The van der Waals surface area contributed by atoms with Crippen molar-refractivity contribution >= 4 is 0 Å². The molecule has 14 heavy (non-hydrogen) atoms. The Hall–Kier alpha value is -1.49. The van der Waals surface area contributed by atoms with E-state index in [-0.39, 0.29) is 5.41 Å². The van der Waals surface area contributed by atoms with Crippen LogP contribution in [-0.2, 0) is 0 Å². The molecule has 2 rings (SSSR count). The third-order valence-electron chi connectivity index (χ3n) is 2.99. The molecule has 1 aliphatic carbocycles. The highest BCUT2D eigenvalue weighted by molar-refractivity contribution is 5.38. The van der Waals surface area contributed by atoms with Crippen molar-refractivity contribution in [2.45, 2.75) is 19.3 Å². The summed E-state index contributed by atoms with van der Waals surface area (Å²) in [6, 6.07) is 10.3. The summed E-state index contributed by atoms with van der Waals surface area (Å²) in [5.74, 6) is 1.26. The fourth-order valence-electron chi connectivity index (χ4n) is 1.83. The van der Waals surface area contributed by atoms with Gasteiger partial charge in [-0.2, -0.15) is 5.26 Å². The molecule has 0 saturated heterocycles. The lowest BCUT2D eigenvalue weighted by atomic mass is 10.0. The summed E-state index contributed by atoms with van der Waals surface area (Å²) in [7, 11) is 1.66. The van der Waals surface area contributed by atoms with Crippen molar-refractivity contribution in [2.24, 2.45) is 5.41 Å². The number of nitriles is 1. The maximum Gasteiger partial charge on any atom is 0.119 e. The monoisotopic (exact) mass is 187 g/mol. The molecule has 1 saturated carbocycles. The first-order valence-electron chi connectivity index (χ1n) is 4.75. The van der Waals surface area contributed by atoms with E-state index in [2.05, 4.69) is 12.1 Å². The van der Waals surface area contributed by atoms with Crippen molar-refractivity contribution in [3.05, 3.63) is 29.8 Å². The number of hydrogen-bond donors (Lipinski definition) is 0. The summed E-state index contributed by atoms with van der Waals surface area (Å²) in [5.41, 5.74) is 1.07. The number of methoxy groups -OCH3 is 1. The lowest BCUT2D eigenvalue weighted by molar-refractivity contribution is 0.414. The Labute approximate surface area is 84.1 Å². The minimum atomic E-state index is -0.146. The van der Waals surface area contributed by atoms with Crippen molar-refractivity contribution in [3.63, 3.8) is 0 Å². The van der Waals surface area contributed by atoms with Crippen LogP contribution in [-0.4, -0.2) is 7.11 Å². The average Bonchev–Trinajstić information content (AvgIpc) is 2.92. The van der Waals surface area contributed by atoms with E-state index in [1.807, 2.05) is 25.1 Å². The number of nitrogens with zero attached hydrogens (tertiary/aromatic N) is 1. The van der Waals surface area contributed by atoms with Crippen LogP contribution in [0.1, 0.15) is 24.8 Å². The molecule has 0 aromatic heterocycles. The predicted octanol–water partition coefficient (Wildman–Crippen LogP) is 2.71. The summed E-state index contributed by atoms with van der Waals surface area (Å²) >= 11 is 0. The van der Waals surface area contributed by atoms with E-state index in [0.29, 0.717) is 5.92 Å². The van der Waals surface area contributed by atoms with E-state index in [4.69, 9.17) is 10.00 Å². The van der Waals surface area contributed by atoms with Gasteiger partial charge in [0.25, 0.3) is 0 Å². The second-order valence-electron chi connectivity index (χ2n) is 4.06. The van der Waals surface area contributed by atoms with Gasteiger partial charge >= 0.3 is 0 Å². The van der Waals surface area contributed by atoms with Crippen LogP contribution in [0.25, 0.3) is 0 Å². The molecule has 1 fully saturated rings. The first-order valence-corrected chi connectivity index (χ1v) is 4.75. The van der Waals surface area contributed by atoms with E-state index in [0.717, 1.165) is 12.2 Å². The zero-order chi connectivity index (χ0) is 10.2. The van der Waals surface area contributed by atoms with E-state index in [1.165, 1.54) is 5.56 Å². The van der Waals surface area contributed by atoms with Gasteiger partial charge < -0.3 is 4.74 Å². The Bertz CT molecular complexity index is 394. The van der Waals surface area contributed by atoms with Crippen LogP contribution in [0.15, 0.2) is 24.3 Å². The van der Waals surface area contributed by atoms with Crippen LogP contribution in [0.5, 0.6) is 5.75 Å². The Balaban J connectivity index is 2.24. The number of benzene rings is 1. The first kappa shape index (κ1) is 9.08. The lowest BCUT2D eigenvalue weighted by Gasteiger charge is -2.04. The Morgan fingerprint density at radius 1 is 1.57 bits per heavy atom. The van der Waals surface area contributed by atoms with Crippen molar-refractivity contribution in [2.75, 3.05) is 7.11 Å². The fraction of sp³-hybridized carbons (Fsp3) is 0.417. The molecule has 0 heterocycles. The van der Waals surface area contributed by atoms with Crippen LogP contribution in [0.4, 0.5) is 0 Å². The topological polar surface area (TPSA) is 33.0 Å². The van der Waals surface area contributed by atoms with Gasteiger partial charge in [-0.1, -0.05) is 12.1 Å². The van der Waals surface area contributed by atoms with E-state index in [9.17, 15) is 0 Å². The molecule has 0 amide bonds. The van der Waals surface area contributed by atoms with Gasteiger partial charge in [-0.25, -0.2) is 0 Å². The van der Waals surface area contributed by atoms with E-state index < -0.39 is 0 Å². The van der Waals surface area contributed by atoms with Crippen LogP contribution < -0.4 is 4.74 Å². The highest BCUT2D eigenvalue weighted by Crippen LogP contribution is 2.58. The highest BCUT2D eigenvalue weighted by atomic mass is 16.5. The van der Waals surface area contributed by atoms with Gasteiger partial charge in [0, 0.05) is 5.92 Å². The first-order chi connectivity index (χ1) is 6.69. The maximum atomic E-state index is 8.94. The van der Waals surface area contributed by atoms with Crippen LogP contribution in [0.3, 0.4) is 0 Å². The minimum Gasteiger partial charge on any atom is -0.497 e. The summed E-state index contributed by atoms with van der Waals surface area (Å²) in [5, 5.41) is 8.94. The summed E-state index contributed by atoms with van der Waals surface area (Å²) in [6.07, 6.45) is 0.969. The van der Waals surface area contributed by atoms with Crippen LogP contribution >= 0.6 is 0 Å². The molecule has 72 valence electrons. The second kappa shape index (κ2) is 3.02. The molecule has 2 nitrogen and oxygen atoms in total. The van der Waals surface area contributed by atoms with Crippen molar-refractivity contribution in [1.82, 2.24) is 0 Å². The molecule has 0 N–H and O–H groups in total. The summed E-state index contributed by atoms with van der Waals surface area (Å²) in [6.45, 7) is 2.01. The van der Waals surface area contributed by atoms with Gasteiger partial charge in [0.05, 0.1) is 18.6 Å². The normalized spacial score (nSPS) is 29.4. The molecular weight excluding hydrogens is 174 g/mol. The quantitative estimate of drug-likeness (QED) is 0.713. The number of ether oxygens (including phenoxy) is 1. The van der Waals surface area contributed by atoms with Gasteiger partial charge in [-0.15, -0.1) is 0 Å². The summed E-state index contributed by atoms with van der Waals surface area (Å²) < 4.78 is 5.15. The molecule has 0 radical (unpaired) electrons. The highest BCUT2D eigenvalue weighted by Gasteiger charge is 2.51. The second-order valence-corrected chi connectivity index (χ2v) is 4.06. The molecular formula is C12H13NO. The number of rotatable bonds is 2. The number of hydrogen-bond acceptors (Lipinski definition) is 2. The molecule has 0 bridgehead atoms. The zero-order valence-corrected chi connectivity index (χ0v) is 8.45. The summed E-state index contributed by atoms with van der Waals surface area (Å²) in [4.78, 5) is 0. The fourth-order valence-corrected chi connectivity index (χ4v) is 1.83. The van der Waals surface area contributed by atoms with Gasteiger partial charge in [0.15, 0.2) is 0 Å². The Kier molecular flexibility index (Phi) is 1.96. The Morgan fingerprint density at radius 2 is 2.36 bits per heavy atom. The smallest absolute Gasteiger partial charge is 0.119 e. The lowest BCUT2D eigenvalue weighted by Crippen LogP contribution is -1.93. The average molecular weight is 187 g/mol. The third-order valence-corrected chi connectivity index (χ3v) is 2.99. The van der Waals surface area contributed by atoms with E-state index in [1.54, 1.807) is 7.11 Å². The molecule has 2 heteroatoms. The molecule has 2 atom stereocenters. The minimum absolute atomic E-state index is 0.146. The SMILES string of the molecule is COc1cccc(C2CC2(C)C#N)c1. The van der Waals surface area contributed by atoms with E-state index >= 15 is 0 Å². The molecule has 1 aromatic rings. The molecule has 1 aliphatic rings. The standard InChI is InChI=1S/C12H13NO/c1-12(8-13)7-11(12)9-4-3-5-10(6-9)14-2/h3-6,11H,7H2,1-2H3. The Morgan fingerprint density at radius 3 is 2.93 bits per heavy atom. The van der Waals surface area contributed by atoms with Gasteiger partial charge in [0.2, 0.25) is 0 Å². The van der Waals surface area contributed by atoms with Crippen molar-refractivity contribution < 1.29 is 4.74 Å². The van der Waals surface area contributed by atoms with Gasteiger partial charge in [-0.3, -0.25) is 0 Å². The van der Waals surface area contributed by atoms with Gasteiger partial charge in [-0.05, 0) is 31.0 Å². The van der Waals surface area contributed by atoms with Crippen molar-refractivity contribution in [1.29, 1.82) is 5.26 Å². The van der Waals surface area contributed by atoms with Crippen LogP contribution in [0.2, 0.25) is 0 Å². The molecule has 0 spiro atoms. The maximum absolute atomic E-state index is 8.94. The molecule has 0 aliphatic heterocycles. The third kappa shape index (κ3) is 1.35. The van der Waals surface area contributed by atoms with Gasteiger partial charge in [0.1, 0.15) is 5.75 Å². The molecule has 1 aromatic carbocycles. The van der Waals surface area contributed by atoms with Crippen molar-refractivity contribution in [3.8, 4) is 11.8 Å². The largest absolute Gasteiger partial charge is 0.497 e. The molecule has 2 unspecified atom stereocenters. The zero-order valence-electron chi connectivity index (χ0n) is 8.45.